The maximum atomic E-state index is 12.7. The molecule has 0 fully saturated rings. The molecule has 1 N–H and O–H groups in total. The summed E-state index contributed by atoms with van der Waals surface area (Å²) in [7, 11) is 2.74. The van der Waals surface area contributed by atoms with Crippen molar-refractivity contribution in [2.75, 3.05) is 24.4 Å². The first-order valence-electron chi connectivity index (χ1n) is 7.61. The summed E-state index contributed by atoms with van der Waals surface area (Å²) in [4.78, 5) is 36.5. The van der Waals surface area contributed by atoms with E-state index in [1.165, 1.54) is 31.2 Å². The van der Waals surface area contributed by atoms with Crippen molar-refractivity contribution >= 4 is 23.4 Å². The molecular weight excluding hydrogens is 367 g/mol. The number of aromatic nitrogens is 1. The number of nitrogens with one attached hydrogen (secondary N) is 1. The van der Waals surface area contributed by atoms with E-state index in [1.54, 1.807) is 12.1 Å². The minimum atomic E-state index is -4.79. The van der Waals surface area contributed by atoms with Crippen LogP contribution >= 0.6 is 0 Å². The lowest BCUT2D eigenvalue weighted by atomic mass is 10.2. The predicted molar refractivity (Wildman–Crippen MR) is 91.6 cm³/mol. The minimum Gasteiger partial charge on any atom is -0.452 e. The third kappa shape index (κ3) is 4.87. The van der Waals surface area contributed by atoms with Gasteiger partial charge in [0.15, 0.2) is 0 Å². The van der Waals surface area contributed by atoms with Crippen LogP contribution < -0.4 is 15.8 Å². The number of carbonyl (C=O) groups is 2. The molecule has 0 aliphatic rings. The van der Waals surface area contributed by atoms with Gasteiger partial charge in [0.1, 0.15) is 12.1 Å². The average Bonchev–Trinajstić information content (AvgIpc) is 2.61. The molecule has 0 atom stereocenters. The molecule has 7 nitrogen and oxygen atoms in total. The summed E-state index contributed by atoms with van der Waals surface area (Å²) in [6.07, 6.45) is -4.26. The number of alkyl halides is 3. The third-order valence-corrected chi connectivity index (χ3v) is 3.63. The molecule has 1 heterocycles. The van der Waals surface area contributed by atoms with Gasteiger partial charge >= 0.3 is 12.3 Å². The van der Waals surface area contributed by atoms with E-state index in [2.05, 4.69) is 10.1 Å². The maximum Gasteiger partial charge on any atom is 0.421 e. The van der Waals surface area contributed by atoms with Crippen molar-refractivity contribution in [3.05, 3.63) is 58.5 Å². The topological polar surface area (TPSA) is 80.6 Å². The van der Waals surface area contributed by atoms with Gasteiger partial charge in [0, 0.05) is 24.6 Å². The number of benzene rings is 1. The van der Waals surface area contributed by atoms with Gasteiger partial charge in [-0.25, -0.2) is 4.79 Å². The second-order valence-electron chi connectivity index (χ2n) is 5.48. The van der Waals surface area contributed by atoms with E-state index in [4.69, 9.17) is 0 Å². The Labute approximate surface area is 152 Å². The Balaban J connectivity index is 2.09. The normalized spacial score (nSPS) is 11.0. The molecule has 0 saturated carbocycles. The Hall–Kier alpha value is -3.30. The van der Waals surface area contributed by atoms with Crippen LogP contribution in [0, 0.1) is 0 Å². The van der Waals surface area contributed by atoms with Gasteiger partial charge in [0.25, 0.3) is 5.56 Å². The number of amides is 2. The molecule has 0 bridgehead atoms. The number of carbonyl (C=O) groups excluding carboxylic acids is 2. The Morgan fingerprint density at radius 3 is 2.37 bits per heavy atom. The first-order valence-corrected chi connectivity index (χ1v) is 7.61. The molecule has 2 amide bonds. The number of hydrogen-bond acceptors (Lipinski definition) is 4. The molecule has 0 radical (unpaired) electrons. The fourth-order valence-corrected chi connectivity index (χ4v) is 2.24. The number of methoxy groups -OCH3 is 1. The second-order valence-corrected chi connectivity index (χ2v) is 5.48. The van der Waals surface area contributed by atoms with Gasteiger partial charge in [-0.15, -0.1) is 0 Å². The van der Waals surface area contributed by atoms with Crippen molar-refractivity contribution < 1.29 is 27.5 Å². The molecule has 0 aliphatic carbocycles. The molecule has 2 aromatic rings. The van der Waals surface area contributed by atoms with Gasteiger partial charge < -0.3 is 14.6 Å². The molecule has 144 valence electrons. The molecular formula is C17H16F3N3O4. The predicted octanol–water partition coefficient (Wildman–Crippen LogP) is 2.71. The van der Waals surface area contributed by atoms with Crippen LogP contribution in [-0.2, 0) is 22.3 Å². The van der Waals surface area contributed by atoms with Crippen molar-refractivity contribution in [2.45, 2.75) is 12.7 Å². The van der Waals surface area contributed by atoms with Crippen LogP contribution in [0.15, 0.2) is 47.4 Å². The summed E-state index contributed by atoms with van der Waals surface area (Å²) in [5.41, 5.74) is -1.78. The van der Waals surface area contributed by atoms with Crippen LogP contribution in [0.3, 0.4) is 0 Å². The quantitative estimate of drug-likeness (QED) is 0.880. The van der Waals surface area contributed by atoms with Gasteiger partial charge in [0.2, 0.25) is 5.91 Å². The fraction of sp³-hybridized carbons (Fsp3) is 0.235. The summed E-state index contributed by atoms with van der Waals surface area (Å²) in [6.45, 7) is -0.577. The zero-order valence-corrected chi connectivity index (χ0v) is 14.4. The van der Waals surface area contributed by atoms with E-state index in [9.17, 15) is 27.6 Å². The highest BCUT2D eigenvalue weighted by molar-refractivity contribution is 5.91. The van der Waals surface area contributed by atoms with Crippen molar-refractivity contribution in [1.82, 2.24) is 4.57 Å². The van der Waals surface area contributed by atoms with E-state index in [0.29, 0.717) is 22.0 Å². The van der Waals surface area contributed by atoms with Crippen molar-refractivity contribution in [3.8, 4) is 0 Å². The van der Waals surface area contributed by atoms with Crippen LogP contribution in [0.1, 0.15) is 5.56 Å². The summed E-state index contributed by atoms with van der Waals surface area (Å²) in [6, 6.07) is 7.80. The molecule has 0 aliphatic heterocycles. The molecule has 0 unspecified atom stereocenters. The summed E-state index contributed by atoms with van der Waals surface area (Å²) in [5.74, 6) is -0.675. The number of halogens is 3. The molecule has 27 heavy (non-hydrogen) atoms. The van der Waals surface area contributed by atoms with Gasteiger partial charge in [0.05, 0.1) is 7.11 Å². The smallest absolute Gasteiger partial charge is 0.421 e. The summed E-state index contributed by atoms with van der Waals surface area (Å²) < 4.78 is 43.5. The Morgan fingerprint density at radius 1 is 1.19 bits per heavy atom. The van der Waals surface area contributed by atoms with Crippen molar-refractivity contribution in [2.24, 2.45) is 0 Å². The van der Waals surface area contributed by atoms with Gasteiger partial charge in [-0.1, -0.05) is 0 Å². The Morgan fingerprint density at radius 2 is 1.81 bits per heavy atom. The number of ether oxygens (including phenoxy) is 1. The van der Waals surface area contributed by atoms with Crippen molar-refractivity contribution in [3.63, 3.8) is 0 Å². The van der Waals surface area contributed by atoms with Crippen LogP contribution in [0.2, 0.25) is 0 Å². The summed E-state index contributed by atoms with van der Waals surface area (Å²) in [5, 5.41) is 2.47. The molecule has 10 heteroatoms. The highest BCUT2D eigenvalue weighted by Crippen LogP contribution is 2.26. The highest BCUT2D eigenvalue weighted by atomic mass is 19.4. The molecule has 0 spiro atoms. The number of nitrogens with zero attached hydrogens (tertiary/aromatic N) is 2. The van der Waals surface area contributed by atoms with Crippen LogP contribution in [0.5, 0.6) is 0 Å². The van der Waals surface area contributed by atoms with E-state index >= 15 is 0 Å². The summed E-state index contributed by atoms with van der Waals surface area (Å²) >= 11 is 0. The van der Waals surface area contributed by atoms with Gasteiger partial charge in [-0.05, 0) is 36.4 Å². The first kappa shape index (κ1) is 20.0. The number of pyridine rings is 1. The van der Waals surface area contributed by atoms with Gasteiger partial charge in [-0.2, -0.15) is 13.2 Å². The molecule has 1 aromatic carbocycles. The zero-order chi connectivity index (χ0) is 20.2. The minimum absolute atomic E-state index is 0.349. The van der Waals surface area contributed by atoms with Crippen LogP contribution in [-0.4, -0.2) is 30.7 Å². The maximum absolute atomic E-state index is 12.7. The standard InChI is InChI=1S/C17H16F3N3O4/c1-22(16(26)27-2)12-7-5-11(6-8-12)21-14(24)10-23-9-3-4-13(15(23)25)17(18,19)20/h3-9H,10H2,1-2H3,(H,21,24). The lowest BCUT2D eigenvalue weighted by Gasteiger charge is -2.16. The molecule has 0 saturated heterocycles. The van der Waals surface area contributed by atoms with E-state index in [1.807, 2.05) is 0 Å². The lowest BCUT2D eigenvalue weighted by Crippen LogP contribution is -2.32. The Kier molecular flexibility index (Phi) is 5.88. The second kappa shape index (κ2) is 7.94. The highest BCUT2D eigenvalue weighted by Gasteiger charge is 2.34. The fourth-order valence-electron chi connectivity index (χ4n) is 2.24. The van der Waals surface area contributed by atoms with Crippen LogP contribution in [0.4, 0.5) is 29.3 Å². The molecule has 2 rings (SSSR count). The average molecular weight is 383 g/mol. The van der Waals surface area contributed by atoms with Gasteiger partial charge in [-0.3, -0.25) is 14.5 Å². The lowest BCUT2D eigenvalue weighted by molar-refractivity contribution is -0.139. The Bertz CT molecular complexity index is 892. The van der Waals surface area contributed by atoms with Crippen LogP contribution in [0.25, 0.3) is 0 Å². The number of hydrogen-bond donors (Lipinski definition) is 1. The largest absolute Gasteiger partial charge is 0.452 e. The SMILES string of the molecule is COC(=O)N(C)c1ccc(NC(=O)Cn2cccc(C(F)(F)F)c2=O)cc1. The van der Waals surface area contributed by atoms with E-state index < -0.39 is 35.8 Å². The zero-order valence-electron chi connectivity index (χ0n) is 14.4. The number of rotatable bonds is 4. The third-order valence-electron chi connectivity index (χ3n) is 3.63. The monoisotopic (exact) mass is 383 g/mol. The number of anilines is 2. The van der Waals surface area contributed by atoms with Crippen molar-refractivity contribution in [1.29, 1.82) is 0 Å². The molecule has 1 aromatic heterocycles. The van der Waals surface area contributed by atoms with E-state index in [0.717, 1.165) is 12.3 Å². The first-order chi connectivity index (χ1) is 12.6. The van der Waals surface area contributed by atoms with E-state index in [-0.39, 0.29) is 0 Å².